The fourth-order valence-electron chi connectivity index (χ4n) is 7.03. The van der Waals surface area contributed by atoms with E-state index in [0.29, 0.717) is 13.0 Å². The monoisotopic (exact) mass is 871 g/mol. The lowest BCUT2D eigenvalue weighted by molar-refractivity contribution is -0.305. The average Bonchev–Trinajstić information content (AvgIpc) is 3.27. The van der Waals surface area contributed by atoms with Gasteiger partial charge < -0.3 is 39.4 Å². The van der Waals surface area contributed by atoms with Crippen LogP contribution >= 0.6 is 0 Å². The van der Waals surface area contributed by atoms with Crippen molar-refractivity contribution in [1.82, 2.24) is 0 Å². The molecule has 1 rings (SSSR count). The molecule has 356 valence electrons. The number of allylic oxidation sites excluding steroid dienone is 14. The maximum absolute atomic E-state index is 12.8. The van der Waals surface area contributed by atoms with Crippen LogP contribution in [0.4, 0.5) is 0 Å². The number of carbonyl (C=O) groups excluding carboxylic acids is 1. The minimum Gasteiger partial charge on any atom is -0.457 e. The van der Waals surface area contributed by atoms with Crippen molar-refractivity contribution in [1.29, 1.82) is 0 Å². The highest BCUT2D eigenvalue weighted by Crippen LogP contribution is 2.22. The first-order valence-electron chi connectivity index (χ1n) is 24.7. The Balaban J connectivity index is 2.23. The van der Waals surface area contributed by atoms with Gasteiger partial charge in [-0.15, -0.1) is 0 Å². The summed E-state index contributed by atoms with van der Waals surface area (Å²) in [6, 6.07) is 0. The quantitative estimate of drug-likeness (QED) is 0.0269. The summed E-state index contributed by atoms with van der Waals surface area (Å²) in [6.07, 6.45) is 51.8. The number of aliphatic hydroxyl groups is 4. The molecule has 1 aliphatic heterocycles. The van der Waals surface area contributed by atoms with Crippen molar-refractivity contribution in [2.75, 3.05) is 26.4 Å². The van der Waals surface area contributed by atoms with Crippen LogP contribution in [0.5, 0.6) is 0 Å². The van der Waals surface area contributed by atoms with E-state index in [2.05, 4.69) is 98.9 Å². The summed E-state index contributed by atoms with van der Waals surface area (Å²) < 4.78 is 22.9. The van der Waals surface area contributed by atoms with Gasteiger partial charge in [-0.25, -0.2) is 0 Å². The van der Waals surface area contributed by atoms with E-state index in [4.69, 9.17) is 18.9 Å². The fourth-order valence-corrected chi connectivity index (χ4v) is 7.03. The van der Waals surface area contributed by atoms with Crippen LogP contribution in [0.3, 0.4) is 0 Å². The lowest BCUT2D eigenvalue weighted by atomic mass is 9.99. The molecule has 0 aromatic carbocycles. The highest BCUT2D eigenvalue weighted by molar-refractivity contribution is 5.69. The van der Waals surface area contributed by atoms with Crippen LogP contribution in [-0.4, -0.2) is 89.6 Å². The molecule has 0 aromatic heterocycles. The molecule has 9 nitrogen and oxygen atoms in total. The lowest BCUT2D eigenvalue weighted by Gasteiger charge is -2.39. The molecular weight excluding hydrogens is 781 g/mol. The maximum atomic E-state index is 12.8. The highest BCUT2D eigenvalue weighted by Gasteiger charge is 2.44. The first kappa shape index (κ1) is 57.4. The van der Waals surface area contributed by atoms with Crippen molar-refractivity contribution >= 4 is 5.97 Å². The predicted molar refractivity (Wildman–Crippen MR) is 256 cm³/mol. The Morgan fingerprint density at radius 1 is 0.516 bits per heavy atom. The fraction of sp³-hybridized carbons (Fsp3) is 0.717. The Morgan fingerprint density at radius 3 is 1.40 bits per heavy atom. The Bertz CT molecular complexity index is 1220. The summed E-state index contributed by atoms with van der Waals surface area (Å²) in [7, 11) is 0. The van der Waals surface area contributed by atoms with Gasteiger partial charge in [0.15, 0.2) is 6.29 Å². The molecule has 6 atom stereocenters. The second-order valence-corrected chi connectivity index (χ2v) is 16.5. The van der Waals surface area contributed by atoms with Crippen LogP contribution in [0.1, 0.15) is 181 Å². The number of unbranched alkanes of at least 4 members (excludes halogenated alkanes) is 16. The van der Waals surface area contributed by atoms with Crippen molar-refractivity contribution in [3.8, 4) is 0 Å². The zero-order chi connectivity index (χ0) is 45.0. The SMILES string of the molecule is CC/C=C\C/C=C\C/C=C\C/C=C\CCCCCCCCCCCCC(=O)OC(COCCCCCCCC/C=C\C/C=C\C/C=C\CC)COC1OC(CO)C(O)C(O)C1O. The number of hydrogen-bond donors (Lipinski definition) is 4. The number of carbonyl (C=O) groups is 1. The smallest absolute Gasteiger partial charge is 0.306 e. The molecule has 0 bridgehead atoms. The molecule has 6 unspecified atom stereocenters. The normalized spacial score (nSPS) is 20.5. The summed E-state index contributed by atoms with van der Waals surface area (Å²) in [5.41, 5.74) is 0. The Morgan fingerprint density at radius 2 is 0.935 bits per heavy atom. The Kier molecular flexibility index (Phi) is 40.4. The number of rotatable bonds is 41. The van der Waals surface area contributed by atoms with E-state index < -0.39 is 43.4 Å². The second-order valence-electron chi connectivity index (χ2n) is 16.5. The van der Waals surface area contributed by atoms with Gasteiger partial charge in [-0.3, -0.25) is 4.79 Å². The predicted octanol–water partition coefficient (Wildman–Crippen LogP) is 11.8. The van der Waals surface area contributed by atoms with Gasteiger partial charge >= 0.3 is 5.97 Å². The summed E-state index contributed by atoms with van der Waals surface area (Å²) in [6.45, 7) is 4.29. The Hall–Kier alpha value is -2.63. The molecule has 1 heterocycles. The number of ether oxygens (including phenoxy) is 4. The molecule has 0 aromatic rings. The minimum absolute atomic E-state index is 0.125. The summed E-state index contributed by atoms with van der Waals surface area (Å²) in [5, 5.41) is 40.2. The van der Waals surface area contributed by atoms with Gasteiger partial charge in [-0.1, -0.05) is 176 Å². The highest BCUT2D eigenvalue weighted by atomic mass is 16.7. The van der Waals surface area contributed by atoms with Crippen LogP contribution in [-0.2, 0) is 23.7 Å². The largest absolute Gasteiger partial charge is 0.457 e. The summed E-state index contributed by atoms with van der Waals surface area (Å²) >= 11 is 0. The minimum atomic E-state index is -1.54. The van der Waals surface area contributed by atoms with Gasteiger partial charge in [0.05, 0.1) is 19.8 Å². The van der Waals surface area contributed by atoms with Gasteiger partial charge in [0.25, 0.3) is 0 Å². The first-order valence-corrected chi connectivity index (χ1v) is 24.7. The van der Waals surface area contributed by atoms with Crippen molar-refractivity contribution in [3.05, 3.63) is 85.1 Å². The van der Waals surface area contributed by atoms with Crippen LogP contribution < -0.4 is 0 Å². The van der Waals surface area contributed by atoms with Crippen LogP contribution in [0.2, 0.25) is 0 Å². The molecule has 62 heavy (non-hydrogen) atoms. The van der Waals surface area contributed by atoms with E-state index in [-0.39, 0.29) is 19.2 Å². The van der Waals surface area contributed by atoms with Crippen molar-refractivity contribution < 1.29 is 44.2 Å². The van der Waals surface area contributed by atoms with Gasteiger partial charge in [0.2, 0.25) is 0 Å². The first-order chi connectivity index (χ1) is 30.4. The molecular formula is C53H90O9. The van der Waals surface area contributed by atoms with Gasteiger partial charge in [0, 0.05) is 13.0 Å². The second kappa shape index (κ2) is 43.6. The van der Waals surface area contributed by atoms with E-state index in [0.717, 1.165) is 96.3 Å². The molecule has 1 aliphatic rings. The molecule has 4 N–H and O–H groups in total. The van der Waals surface area contributed by atoms with Crippen molar-refractivity contribution in [2.45, 2.75) is 218 Å². The zero-order valence-electron chi connectivity index (χ0n) is 39.1. The van der Waals surface area contributed by atoms with E-state index in [9.17, 15) is 25.2 Å². The molecule has 0 spiro atoms. The summed E-state index contributed by atoms with van der Waals surface area (Å²) in [4.78, 5) is 12.8. The van der Waals surface area contributed by atoms with Crippen LogP contribution in [0, 0.1) is 0 Å². The molecule has 0 saturated carbocycles. The van der Waals surface area contributed by atoms with E-state index in [1.165, 1.54) is 64.2 Å². The van der Waals surface area contributed by atoms with E-state index in [1.54, 1.807) is 0 Å². The lowest BCUT2D eigenvalue weighted by Crippen LogP contribution is -2.59. The van der Waals surface area contributed by atoms with Gasteiger partial charge in [0.1, 0.15) is 30.5 Å². The average molecular weight is 871 g/mol. The standard InChI is InChI=1S/C53H90O9/c1-3-5-7-9-11-13-15-17-19-21-22-23-24-25-26-27-28-30-32-34-36-38-40-42-49(55)61-47(46-60-53-52(58)51(57)50(56)48(44-54)62-53)45-59-43-41-39-37-35-33-31-29-20-18-16-14-12-10-8-6-4-2/h5-8,11-14,17-20,22-23,47-48,50-54,56-58H,3-4,9-10,15-16,21,24-46H2,1-2H3/b7-5-,8-6-,13-11-,14-12-,19-17-,20-18-,23-22-. The Labute approximate surface area is 378 Å². The molecule has 1 fully saturated rings. The third-order valence-electron chi connectivity index (χ3n) is 10.8. The number of aliphatic hydroxyl groups excluding tert-OH is 4. The zero-order valence-corrected chi connectivity index (χ0v) is 39.1. The molecule has 1 saturated heterocycles. The molecule has 0 radical (unpaired) electrons. The number of esters is 1. The maximum Gasteiger partial charge on any atom is 0.306 e. The van der Waals surface area contributed by atoms with Crippen LogP contribution in [0.25, 0.3) is 0 Å². The summed E-state index contributed by atoms with van der Waals surface area (Å²) in [5.74, 6) is -0.326. The number of hydrogen-bond acceptors (Lipinski definition) is 9. The molecule has 0 amide bonds. The third kappa shape index (κ3) is 33.9. The van der Waals surface area contributed by atoms with Crippen LogP contribution in [0.15, 0.2) is 85.1 Å². The van der Waals surface area contributed by atoms with Crippen molar-refractivity contribution in [2.24, 2.45) is 0 Å². The van der Waals surface area contributed by atoms with Crippen molar-refractivity contribution in [3.63, 3.8) is 0 Å². The topological polar surface area (TPSA) is 135 Å². The van der Waals surface area contributed by atoms with Gasteiger partial charge in [-0.05, 0) is 83.5 Å². The van der Waals surface area contributed by atoms with E-state index in [1.807, 2.05) is 0 Å². The molecule has 0 aliphatic carbocycles. The van der Waals surface area contributed by atoms with E-state index >= 15 is 0 Å². The molecule has 9 heteroatoms. The third-order valence-corrected chi connectivity index (χ3v) is 10.8. The van der Waals surface area contributed by atoms with Gasteiger partial charge in [-0.2, -0.15) is 0 Å².